The molecule has 8 atom stereocenters. The molecule has 1 heteroatoms. The molecule has 0 radical (unpaired) electrons. The Kier molecular flexibility index (Phi) is 5.62. The Hall–Kier alpha value is -0.560. The van der Waals surface area contributed by atoms with Crippen LogP contribution in [-0.4, -0.2) is 11.2 Å². The number of hydrogen-bond acceptors (Lipinski definition) is 1. The van der Waals surface area contributed by atoms with Gasteiger partial charge in [-0.25, -0.2) is 0 Å². The van der Waals surface area contributed by atoms with Crippen molar-refractivity contribution in [3.8, 4) is 0 Å². The van der Waals surface area contributed by atoms with Crippen molar-refractivity contribution in [2.45, 2.75) is 105 Å². The number of aliphatic hydroxyl groups excluding tert-OH is 1. The Bertz CT molecular complexity index is 641. The van der Waals surface area contributed by atoms with E-state index in [1.54, 1.807) is 5.57 Å². The minimum atomic E-state index is -0.0792. The van der Waals surface area contributed by atoms with Crippen LogP contribution >= 0.6 is 0 Å². The maximum atomic E-state index is 11.1. The lowest BCUT2D eigenvalue weighted by molar-refractivity contribution is -0.0959. The zero-order valence-electron chi connectivity index (χ0n) is 19.1. The number of rotatable bonds is 4. The van der Waals surface area contributed by atoms with E-state index in [1.807, 2.05) is 0 Å². The summed E-state index contributed by atoms with van der Waals surface area (Å²) in [6, 6.07) is 0. The average molecular weight is 385 g/mol. The van der Waals surface area contributed by atoms with Crippen LogP contribution in [0.5, 0.6) is 0 Å². The number of aliphatic hydroxyl groups is 1. The molecule has 4 aliphatic carbocycles. The second kappa shape index (κ2) is 7.60. The van der Waals surface area contributed by atoms with Crippen molar-refractivity contribution >= 4 is 0 Å². The lowest BCUT2D eigenvalue weighted by Gasteiger charge is -2.58. The third-order valence-corrected chi connectivity index (χ3v) is 10.1. The molecule has 3 fully saturated rings. The van der Waals surface area contributed by atoms with E-state index in [4.69, 9.17) is 0 Å². The Labute approximate surface area is 174 Å². The van der Waals surface area contributed by atoms with Crippen molar-refractivity contribution in [1.82, 2.24) is 0 Å². The third-order valence-electron chi connectivity index (χ3n) is 10.1. The van der Waals surface area contributed by atoms with Crippen molar-refractivity contribution in [2.75, 3.05) is 0 Å². The quantitative estimate of drug-likeness (QED) is 0.504. The van der Waals surface area contributed by atoms with Gasteiger partial charge in [0, 0.05) is 5.41 Å². The van der Waals surface area contributed by atoms with Crippen LogP contribution in [0, 0.1) is 40.4 Å². The minimum absolute atomic E-state index is 0.0792. The van der Waals surface area contributed by atoms with Gasteiger partial charge in [0.25, 0.3) is 0 Å². The Morgan fingerprint density at radius 1 is 1.14 bits per heavy atom. The van der Waals surface area contributed by atoms with Gasteiger partial charge in [0.1, 0.15) is 0 Å². The molecule has 28 heavy (non-hydrogen) atoms. The standard InChI is InChI=1S/C27H44O/c1-18(2)8-6-9-19(3)22-14-15-23-21-13-12-20-10-7-11-25(28)27(20,5)24(21)16-17-26(22,23)4/h8,13,19-20,22-25,28H,6-7,9-12,14-17H2,1-5H3/t19-,20?,22-,23+,24+,25?,26-,27+/m1/s1. The van der Waals surface area contributed by atoms with E-state index in [1.165, 1.54) is 63.4 Å². The second-order valence-electron chi connectivity index (χ2n) is 11.6. The topological polar surface area (TPSA) is 20.2 Å². The summed E-state index contributed by atoms with van der Waals surface area (Å²) in [5.41, 5.74) is 3.89. The lowest BCUT2D eigenvalue weighted by Crippen LogP contribution is -2.54. The molecule has 0 saturated heterocycles. The van der Waals surface area contributed by atoms with Gasteiger partial charge in [-0.2, -0.15) is 0 Å². The van der Waals surface area contributed by atoms with Crippen LogP contribution in [0.3, 0.4) is 0 Å². The molecule has 0 aromatic carbocycles. The van der Waals surface area contributed by atoms with E-state index in [-0.39, 0.29) is 11.5 Å². The van der Waals surface area contributed by atoms with Crippen LogP contribution in [0.4, 0.5) is 0 Å². The van der Waals surface area contributed by atoms with E-state index in [0.29, 0.717) is 11.3 Å². The van der Waals surface area contributed by atoms with Crippen LogP contribution in [0.2, 0.25) is 0 Å². The first-order valence-electron chi connectivity index (χ1n) is 12.3. The monoisotopic (exact) mass is 384 g/mol. The largest absolute Gasteiger partial charge is 0.393 e. The number of hydrogen-bond donors (Lipinski definition) is 1. The van der Waals surface area contributed by atoms with Gasteiger partial charge < -0.3 is 5.11 Å². The Morgan fingerprint density at radius 3 is 2.68 bits per heavy atom. The molecule has 0 aromatic rings. The van der Waals surface area contributed by atoms with Gasteiger partial charge in [-0.15, -0.1) is 0 Å². The van der Waals surface area contributed by atoms with Gasteiger partial charge in [-0.05, 0) is 107 Å². The Morgan fingerprint density at radius 2 is 1.93 bits per heavy atom. The molecule has 0 bridgehead atoms. The van der Waals surface area contributed by atoms with Crippen LogP contribution in [0.15, 0.2) is 23.3 Å². The summed E-state index contributed by atoms with van der Waals surface area (Å²) < 4.78 is 0. The zero-order chi connectivity index (χ0) is 20.1. The predicted octanol–water partition coefficient (Wildman–Crippen LogP) is 7.31. The molecule has 0 aliphatic heterocycles. The molecule has 1 nitrogen and oxygen atoms in total. The zero-order valence-corrected chi connectivity index (χ0v) is 19.1. The first kappa shape index (κ1) is 20.7. The normalized spacial score (nSPS) is 46.1. The summed E-state index contributed by atoms with van der Waals surface area (Å²) in [4.78, 5) is 0. The van der Waals surface area contributed by atoms with Crippen LogP contribution in [-0.2, 0) is 0 Å². The van der Waals surface area contributed by atoms with E-state index >= 15 is 0 Å². The first-order valence-corrected chi connectivity index (χ1v) is 12.3. The maximum Gasteiger partial charge on any atom is 0.0602 e. The highest BCUT2D eigenvalue weighted by molar-refractivity contribution is 5.28. The van der Waals surface area contributed by atoms with Crippen molar-refractivity contribution in [3.63, 3.8) is 0 Å². The summed E-state index contributed by atoms with van der Waals surface area (Å²) in [7, 11) is 0. The van der Waals surface area contributed by atoms with Gasteiger partial charge in [0.05, 0.1) is 6.10 Å². The summed E-state index contributed by atoms with van der Waals surface area (Å²) in [6.07, 6.45) is 18.0. The lowest BCUT2D eigenvalue weighted by atomic mass is 9.47. The van der Waals surface area contributed by atoms with Gasteiger partial charge in [-0.1, -0.05) is 50.5 Å². The smallest absolute Gasteiger partial charge is 0.0602 e. The van der Waals surface area contributed by atoms with Crippen LogP contribution in [0.1, 0.15) is 98.8 Å². The highest BCUT2D eigenvalue weighted by Crippen LogP contribution is 2.66. The molecule has 1 N–H and O–H groups in total. The molecule has 2 unspecified atom stereocenters. The van der Waals surface area contributed by atoms with Crippen molar-refractivity contribution in [3.05, 3.63) is 23.3 Å². The summed E-state index contributed by atoms with van der Waals surface area (Å²) in [5, 5.41) is 11.1. The molecule has 3 saturated carbocycles. The fourth-order valence-electron chi connectivity index (χ4n) is 8.38. The molecule has 4 rings (SSSR count). The molecule has 0 amide bonds. The first-order chi connectivity index (χ1) is 13.3. The highest BCUT2D eigenvalue weighted by atomic mass is 16.3. The molecule has 4 aliphatic rings. The summed E-state index contributed by atoms with van der Waals surface area (Å²) >= 11 is 0. The van der Waals surface area contributed by atoms with Gasteiger partial charge in [-0.3, -0.25) is 0 Å². The van der Waals surface area contributed by atoms with Gasteiger partial charge in [0.15, 0.2) is 0 Å². The molecule has 0 heterocycles. The van der Waals surface area contributed by atoms with Crippen molar-refractivity contribution in [2.24, 2.45) is 40.4 Å². The maximum absolute atomic E-state index is 11.1. The van der Waals surface area contributed by atoms with Gasteiger partial charge >= 0.3 is 0 Å². The van der Waals surface area contributed by atoms with Crippen molar-refractivity contribution in [1.29, 1.82) is 0 Å². The molecule has 158 valence electrons. The minimum Gasteiger partial charge on any atom is -0.393 e. The summed E-state index contributed by atoms with van der Waals surface area (Å²) in [5.74, 6) is 3.87. The molecular formula is C27H44O. The highest BCUT2D eigenvalue weighted by Gasteiger charge is 2.59. The van der Waals surface area contributed by atoms with Crippen LogP contribution < -0.4 is 0 Å². The fraction of sp³-hybridized carbons (Fsp3) is 0.852. The molecular weight excluding hydrogens is 340 g/mol. The molecule has 0 spiro atoms. The predicted molar refractivity (Wildman–Crippen MR) is 119 cm³/mol. The van der Waals surface area contributed by atoms with Crippen LogP contribution in [0.25, 0.3) is 0 Å². The van der Waals surface area contributed by atoms with E-state index in [9.17, 15) is 5.11 Å². The Balaban J connectivity index is 1.55. The van der Waals surface area contributed by atoms with Crippen molar-refractivity contribution < 1.29 is 5.11 Å². The average Bonchev–Trinajstić information content (AvgIpc) is 3.00. The number of fused-ring (bicyclic) bond motifs is 5. The van der Waals surface area contributed by atoms with E-state index in [0.717, 1.165) is 30.1 Å². The van der Waals surface area contributed by atoms with E-state index in [2.05, 4.69) is 46.8 Å². The second-order valence-corrected chi connectivity index (χ2v) is 11.6. The molecule has 0 aromatic heterocycles. The SMILES string of the molecule is CC(C)=CCC[C@@H](C)[C@H]1CC[C@H]2C3=CCC4CCCC(O)[C@]4(C)[C@H]3CC[C@]12C. The number of allylic oxidation sites excluding steroid dienone is 4. The van der Waals surface area contributed by atoms with Gasteiger partial charge in [0.2, 0.25) is 0 Å². The summed E-state index contributed by atoms with van der Waals surface area (Å²) in [6.45, 7) is 12.1. The van der Waals surface area contributed by atoms with E-state index < -0.39 is 0 Å². The fourth-order valence-corrected chi connectivity index (χ4v) is 8.38. The third kappa shape index (κ3) is 3.15.